The second-order valence-corrected chi connectivity index (χ2v) is 8.88. The zero-order chi connectivity index (χ0) is 22.1. The molecule has 160 valence electrons. The second-order valence-electron chi connectivity index (χ2n) is 8.88. The lowest BCUT2D eigenvalue weighted by molar-refractivity contribution is -0.384. The molecule has 2 aliphatic rings. The van der Waals surface area contributed by atoms with Crippen molar-refractivity contribution < 1.29 is 19.2 Å². The molecule has 0 fully saturated rings. The summed E-state index contributed by atoms with van der Waals surface area (Å²) < 4.78 is 5.49. The summed E-state index contributed by atoms with van der Waals surface area (Å²) in [6.45, 7) is 8.12. The number of ether oxygens (including phenoxy) is 1. The molecule has 0 bridgehead atoms. The van der Waals surface area contributed by atoms with Gasteiger partial charge in [-0.2, -0.15) is 0 Å². The van der Waals surface area contributed by atoms with Crippen molar-refractivity contribution in [2.24, 2.45) is 16.3 Å². The summed E-state index contributed by atoms with van der Waals surface area (Å²) in [6.07, 6.45) is 2.61. The van der Waals surface area contributed by atoms with Crippen LogP contribution in [0.3, 0.4) is 0 Å². The standard InChI is InChI=1S/C23H28N2O5/c1-5-6-10-30-22(27)19-14(2)24-17-12-23(3,4)13-18(26)21(17)20(19)15-8-7-9-16(11-15)25(28)29/h7-9,11,19-20H,5-6,10,12-13H2,1-4H3/t19?,20-/m0/s1. The van der Waals surface area contributed by atoms with Gasteiger partial charge in [-0.3, -0.25) is 24.7 Å². The van der Waals surface area contributed by atoms with E-state index in [2.05, 4.69) is 4.99 Å². The second kappa shape index (κ2) is 8.50. The first-order valence-electron chi connectivity index (χ1n) is 10.4. The van der Waals surface area contributed by atoms with Gasteiger partial charge in [0.25, 0.3) is 5.69 Å². The summed E-state index contributed by atoms with van der Waals surface area (Å²) in [7, 11) is 0. The molecule has 1 aromatic carbocycles. The van der Waals surface area contributed by atoms with E-state index in [-0.39, 0.29) is 16.9 Å². The van der Waals surface area contributed by atoms with E-state index >= 15 is 0 Å². The van der Waals surface area contributed by atoms with Gasteiger partial charge < -0.3 is 4.74 Å². The minimum absolute atomic E-state index is 0.0552. The number of nitrogens with zero attached hydrogens (tertiary/aromatic N) is 2. The van der Waals surface area contributed by atoms with Crippen LogP contribution in [0.2, 0.25) is 0 Å². The highest BCUT2D eigenvalue weighted by Gasteiger charge is 2.46. The first-order valence-corrected chi connectivity index (χ1v) is 10.4. The Morgan fingerprint density at radius 2 is 2.07 bits per heavy atom. The number of esters is 1. The van der Waals surface area contributed by atoms with Crippen molar-refractivity contribution in [3.8, 4) is 0 Å². The fourth-order valence-corrected chi connectivity index (χ4v) is 4.35. The molecule has 0 amide bonds. The number of hydrogen-bond acceptors (Lipinski definition) is 6. The van der Waals surface area contributed by atoms with E-state index < -0.39 is 22.7 Å². The Morgan fingerprint density at radius 1 is 1.33 bits per heavy atom. The zero-order valence-electron chi connectivity index (χ0n) is 17.9. The highest BCUT2D eigenvalue weighted by Crippen LogP contribution is 2.48. The number of hydrogen-bond donors (Lipinski definition) is 0. The summed E-state index contributed by atoms with van der Waals surface area (Å²) in [6, 6.07) is 6.18. The largest absolute Gasteiger partial charge is 0.465 e. The average Bonchev–Trinajstić information content (AvgIpc) is 2.66. The van der Waals surface area contributed by atoms with E-state index in [0.29, 0.717) is 42.0 Å². The number of allylic oxidation sites excluding steroid dienone is 2. The van der Waals surface area contributed by atoms with Crippen LogP contribution in [-0.2, 0) is 14.3 Å². The number of ketones is 1. The fraction of sp³-hybridized carbons (Fsp3) is 0.522. The molecule has 1 heterocycles. The van der Waals surface area contributed by atoms with Crippen molar-refractivity contribution in [2.45, 2.75) is 59.3 Å². The van der Waals surface area contributed by atoms with Gasteiger partial charge in [0, 0.05) is 41.5 Å². The van der Waals surface area contributed by atoms with Gasteiger partial charge in [0.15, 0.2) is 5.78 Å². The lowest BCUT2D eigenvalue weighted by Gasteiger charge is -2.38. The van der Waals surface area contributed by atoms with Gasteiger partial charge in [0.2, 0.25) is 0 Å². The normalized spacial score (nSPS) is 22.9. The molecule has 30 heavy (non-hydrogen) atoms. The number of benzene rings is 1. The molecular formula is C23H28N2O5. The number of Topliss-reactive ketones (excluding diaryl/α,β-unsaturated/α-hetero) is 1. The van der Waals surface area contributed by atoms with Gasteiger partial charge in [-0.25, -0.2) is 0 Å². The molecule has 2 atom stereocenters. The van der Waals surface area contributed by atoms with Gasteiger partial charge in [0.1, 0.15) is 5.92 Å². The first-order chi connectivity index (χ1) is 14.1. The van der Waals surface area contributed by atoms with Crippen LogP contribution < -0.4 is 0 Å². The van der Waals surface area contributed by atoms with Gasteiger partial charge in [-0.15, -0.1) is 0 Å². The van der Waals surface area contributed by atoms with Crippen LogP contribution in [0.4, 0.5) is 5.69 Å². The molecular weight excluding hydrogens is 384 g/mol. The van der Waals surface area contributed by atoms with E-state index in [1.165, 1.54) is 12.1 Å². The molecule has 1 aromatic rings. The van der Waals surface area contributed by atoms with E-state index in [4.69, 9.17) is 4.74 Å². The molecule has 3 rings (SSSR count). The third-order valence-corrected chi connectivity index (χ3v) is 5.74. The number of nitro groups is 1. The SMILES string of the molecule is CCCCOC(=O)C1C(C)=NC2=C(C(=O)CC(C)(C)C2)[C@H]1c1cccc([N+](=O)[O-])c1. The van der Waals surface area contributed by atoms with Crippen LogP contribution >= 0.6 is 0 Å². The topological polar surface area (TPSA) is 98.9 Å². The van der Waals surface area contributed by atoms with Gasteiger partial charge >= 0.3 is 5.97 Å². The molecule has 7 nitrogen and oxygen atoms in total. The van der Waals surface area contributed by atoms with E-state index in [9.17, 15) is 19.7 Å². The minimum Gasteiger partial charge on any atom is -0.465 e. The lowest BCUT2D eigenvalue weighted by Crippen LogP contribution is -2.39. The predicted molar refractivity (Wildman–Crippen MR) is 113 cm³/mol. The molecule has 1 unspecified atom stereocenters. The molecule has 0 N–H and O–H groups in total. The molecule has 0 saturated heterocycles. The van der Waals surface area contributed by atoms with Crippen molar-refractivity contribution in [3.05, 3.63) is 51.2 Å². The van der Waals surface area contributed by atoms with E-state index in [1.807, 2.05) is 20.8 Å². The molecule has 1 aliphatic carbocycles. The number of carbonyl (C=O) groups is 2. The van der Waals surface area contributed by atoms with Crippen LogP contribution in [0.25, 0.3) is 0 Å². The molecule has 7 heteroatoms. The number of carbonyl (C=O) groups excluding carboxylic acids is 2. The summed E-state index contributed by atoms with van der Waals surface area (Å²) >= 11 is 0. The third-order valence-electron chi connectivity index (χ3n) is 5.74. The van der Waals surface area contributed by atoms with Gasteiger partial charge in [0.05, 0.1) is 11.5 Å². The number of non-ortho nitro benzene ring substituents is 1. The van der Waals surface area contributed by atoms with Crippen molar-refractivity contribution in [3.63, 3.8) is 0 Å². The van der Waals surface area contributed by atoms with Crippen molar-refractivity contribution in [1.29, 1.82) is 0 Å². The Hall–Kier alpha value is -2.83. The van der Waals surface area contributed by atoms with Crippen molar-refractivity contribution in [2.75, 3.05) is 6.61 Å². The minimum atomic E-state index is -0.771. The van der Waals surface area contributed by atoms with E-state index in [1.54, 1.807) is 19.1 Å². The van der Waals surface area contributed by atoms with Crippen LogP contribution in [0.15, 0.2) is 40.5 Å². The monoisotopic (exact) mass is 412 g/mol. The summed E-state index contributed by atoms with van der Waals surface area (Å²) in [5.74, 6) is -1.89. The predicted octanol–water partition coefficient (Wildman–Crippen LogP) is 4.76. The van der Waals surface area contributed by atoms with Crippen LogP contribution in [0, 0.1) is 21.4 Å². The van der Waals surface area contributed by atoms with E-state index in [0.717, 1.165) is 12.8 Å². The summed E-state index contributed by atoms with van der Waals surface area (Å²) in [5.41, 5.74) is 2.03. The summed E-state index contributed by atoms with van der Waals surface area (Å²) in [5, 5.41) is 11.3. The Kier molecular flexibility index (Phi) is 6.19. The maximum atomic E-state index is 13.2. The Balaban J connectivity index is 2.12. The van der Waals surface area contributed by atoms with Gasteiger partial charge in [-0.1, -0.05) is 39.3 Å². The Morgan fingerprint density at radius 3 is 2.73 bits per heavy atom. The number of aliphatic imine (C=N–C) groups is 1. The highest BCUT2D eigenvalue weighted by atomic mass is 16.6. The molecule has 0 aromatic heterocycles. The number of unbranched alkanes of at least 4 members (excludes halogenated alkanes) is 1. The van der Waals surface area contributed by atoms with Crippen LogP contribution in [0.1, 0.15) is 64.9 Å². The Bertz CT molecular complexity index is 945. The van der Waals surface area contributed by atoms with Crippen molar-refractivity contribution >= 4 is 23.2 Å². The van der Waals surface area contributed by atoms with Crippen molar-refractivity contribution in [1.82, 2.24) is 0 Å². The number of nitro benzene ring substituents is 1. The fourth-order valence-electron chi connectivity index (χ4n) is 4.35. The molecule has 0 radical (unpaired) electrons. The summed E-state index contributed by atoms with van der Waals surface area (Å²) in [4.78, 5) is 41.7. The van der Waals surface area contributed by atoms with Gasteiger partial charge in [-0.05, 0) is 30.7 Å². The van der Waals surface area contributed by atoms with Crippen LogP contribution in [-0.4, -0.2) is 29.0 Å². The quantitative estimate of drug-likeness (QED) is 0.290. The zero-order valence-corrected chi connectivity index (χ0v) is 17.9. The molecule has 0 saturated carbocycles. The first kappa shape index (κ1) is 21.9. The Labute approximate surface area is 176 Å². The molecule has 0 spiro atoms. The molecule has 1 aliphatic heterocycles. The maximum Gasteiger partial charge on any atom is 0.315 e. The average molecular weight is 412 g/mol. The highest BCUT2D eigenvalue weighted by molar-refractivity contribution is 6.09. The third kappa shape index (κ3) is 4.35. The maximum absolute atomic E-state index is 13.2. The smallest absolute Gasteiger partial charge is 0.315 e. The number of rotatable bonds is 6. The lowest BCUT2D eigenvalue weighted by atomic mass is 9.67. The van der Waals surface area contributed by atoms with Crippen LogP contribution in [0.5, 0.6) is 0 Å².